The zero-order chi connectivity index (χ0) is 4.99. The molecule has 0 atom stereocenters. The highest BCUT2D eigenvalue weighted by Crippen LogP contribution is 1.98. The van der Waals surface area contributed by atoms with E-state index in [1.807, 2.05) is 13.8 Å². The number of hydrogen-bond acceptors (Lipinski definition) is 2. The normalized spacial score (nSPS) is 9.00. The summed E-state index contributed by atoms with van der Waals surface area (Å²) in [7, 11) is -0.226. The van der Waals surface area contributed by atoms with Crippen LogP contribution in [-0.4, -0.2) is 23.5 Å². The second-order valence-corrected chi connectivity index (χ2v) is 1.59. The molecule has 0 aliphatic heterocycles. The van der Waals surface area contributed by atoms with Gasteiger partial charge in [-0.3, -0.25) is 4.52 Å². The Balaban J connectivity index is 0. The summed E-state index contributed by atoms with van der Waals surface area (Å²) in [5.41, 5.74) is 0. The monoisotopic (exact) mass is 136 g/mol. The van der Waals surface area contributed by atoms with Gasteiger partial charge in [0.2, 0.25) is 0 Å². The Kier molecular flexibility index (Phi) is 9.94. The average Bonchev–Trinajstić information content (AvgIpc) is 1.35. The third kappa shape index (κ3) is 10.8. The van der Waals surface area contributed by atoms with Crippen molar-refractivity contribution in [2.24, 2.45) is 0 Å². The maximum absolute atomic E-state index is 9.49. The van der Waals surface area contributed by atoms with Crippen LogP contribution in [0.4, 0.5) is 0 Å². The van der Waals surface area contributed by atoms with Gasteiger partial charge in [0.15, 0.2) is 17.4 Å². The van der Waals surface area contributed by atoms with Gasteiger partial charge in [-0.25, -0.2) is 4.57 Å². The third-order valence-electron chi connectivity index (χ3n) is 0.254. The molecule has 2 nitrogen and oxygen atoms in total. The van der Waals surface area contributed by atoms with E-state index in [4.69, 9.17) is 0 Å². The van der Waals surface area contributed by atoms with Crippen molar-refractivity contribution in [3.8, 4) is 0 Å². The van der Waals surface area contributed by atoms with Crippen molar-refractivity contribution in [1.29, 1.82) is 0 Å². The standard InChI is InChI=1S/C3H7O2P.Al.3H/c1-3(2)5-6-4;;;;/h3H,1-2H3;;;;. The molecule has 0 aromatic rings. The van der Waals surface area contributed by atoms with Crippen LogP contribution < -0.4 is 0 Å². The Labute approximate surface area is 55.7 Å². The highest BCUT2D eigenvalue weighted by Gasteiger charge is 1.86. The van der Waals surface area contributed by atoms with Gasteiger partial charge in [-0.05, 0) is 13.8 Å². The van der Waals surface area contributed by atoms with Gasteiger partial charge >= 0.3 is 8.69 Å². The van der Waals surface area contributed by atoms with Crippen molar-refractivity contribution in [2.75, 3.05) is 0 Å². The second kappa shape index (κ2) is 6.59. The molecule has 4 heteroatoms. The van der Waals surface area contributed by atoms with E-state index in [0.29, 0.717) is 0 Å². The summed E-state index contributed by atoms with van der Waals surface area (Å²) >= 11 is 0. The highest BCUT2D eigenvalue weighted by molar-refractivity contribution is 7.17. The fraction of sp³-hybridized carbons (Fsp3) is 1.00. The minimum atomic E-state index is -0.226. The number of hydrogen-bond donors (Lipinski definition) is 0. The minimum absolute atomic E-state index is 0. The van der Waals surface area contributed by atoms with E-state index in [1.54, 1.807) is 0 Å². The summed E-state index contributed by atoms with van der Waals surface area (Å²) in [6.45, 7) is 3.65. The highest BCUT2D eigenvalue weighted by atomic mass is 31.1. The van der Waals surface area contributed by atoms with Crippen LogP contribution >= 0.6 is 8.69 Å². The van der Waals surface area contributed by atoms with Crippen LogP contribution in [-0.2, 0) is 9.09 Å². The summed E-state index contributed by atoms with van der Waals surface area (Å²) in [6, 6.07) is 0. The quantitative estimate of drug-likeness (QED) is 0.406. The van der Waals surface area contributed by atoms with Crippen LogP contribution in [0.25, 0.3) is 0 Å². The van der Waals surface area contributed by atoms with Crippen molar-refractivity contribution in [2.45, 2.75) is 20.0 Å². The molecule has 7 heavy (non-hydrogen) atoms. The van der Waals surface area contributed by atoms with Gasteiger partial charge in [-0.1, -0.05) is 0 Å². The first-order valence-corrected chi connectivity index (χ1v) is 2.49. The van der Waals surface area contributed by atoms with Crippen molar-refractivity contribution in [3.05, 3.63) is 0 Å². The van der Waals surface area contributed by atoms with Gasteiger partial charge in [0.25, 0.3) is 0 Å². The van der Waals surface area contributed by atoms with Crippen LogP contribution in [0.5, 0.6) is 0 Å². The maximum Gasteiger partial charge on any atom is 0.327 e. The van der Waals surface area contributed by atoms with Crippen LogP contribution in [0.1, 0.15) is 13.8 Å². The first-order chi connectivity index (χ1) is 2.77. The Morgan fingerprint density at radius 2 is 2.00 bits per heavy atom. The predicted octanol–water partition coefficient (Wildman–Crippen LogP) is 0.434. The van der Waals surface area contributed by atoms with Gasteiger partial charge in [0.05, 0.1) is 6.10 Å². The third-order valence-corrected chi connectivity index (χ3v) is 0.762. The molecule has 0 fully saturated rings. The summed E-state index contributed by atoms with van der Waals surface area (Å²) in [5.74, 6) is 0. The Morgan fingerprint density at radius 1 is 1.57 bits per heavy atom. The lowest BCUT2D eigenvalue weighted by atomic mass is 10.5. The molecule has 42 valence electrons. The Bertz CT molecular complexity index is 48.2. The molecule has 0 N–H and O–H groups in total. The predicted molar refractivity (Wildman–Crippen MR) is 33.8 cm³/mol. The molecule has 0 aromatic carbocycles. The van der Waals surface area contributed by atoms with E-state index in [-0.39, 0.29) is 32.2 Å². The fourth-order valence-corrected chi connectivity index (χ4v) is 0.258. The molecule has 0 aromatic heterocycles. The lowest BCUT2D eigenvalue weighted by Gasteiger charge is -1.91. The van der Waals surface area contributed by atoms with Crippen LogP contribution in [0.3, 0.4) is 0 Å². The molecule has 0 aliphatic rings. The largest absolute Gasteiger partial charge is 0.327 e. The molecule has 0 saturated carbocycles. The lowest BCUT2D eigenvalue weighted by molar-refractivity contribution is 0.267. The first-order valence-electron chi connectivity index (χ1n) is 1.76. The van der Waals surface area contributed by atoms with Gasteiger partial charge in [0.1, 0.15) is 0 Å². The molecule has 0 unspecified atom stereocenters. The molecule has 0 spiro atoms. The van der Waals surface area contributed by atoms with E-state index in [1.165, 1.54) is 0 Å². The van der Waals surface area contributed by atoms with Gasteiger partial charge in [-0.2, -0.15) is 0 Å². The topological polar surface area (TPSA) is 26.3 Å². The molecule has 0 saturated heterocycles. The number of rotatable bonds is 2. The van der Waals surface area contributed by atoms with Crippen molar-refractivity contribution < 1.29 is 9.09 Å². The summed E-state index contributed by atoms with van der Waals surface area (Å²) in [4.78, 5) is 0. The molecular formula is C3H10AlO2P. The zero-order valence-corrected chi connectivity index (χ0v) is 4.74. The van der Waals surface area contributed by atoms with E-state index >= 15 is 0 Å². The molecular weight excluding hydrogens is 126 g/mol. The van der Waals surface area contributed by atoms with Crippen LogP contribution in [0, 0.1) is 0 Å². The SMILES string of the molecule is CC(C)OP=O.[AlH3]. The van der Waals surface area contributed by atoms with Crippen LogP contribution in [0.15, 0.2) is 0 Å². The van der Waals surface area contributed by atoms with E-state index < -0.39 is 0 Å². The van der Waals surface area contributed by atoms with Gasteiger partial charge < -0.3 is 0 Å². The average molecular weight is 136 g/mol. The van der Waals surface area contributed by atoms with Crippen LogP contribution in [0.2, 0.25) is 0 Å². The lowest BCUT2D eigenvalue weighted by Crippen LogP contribution is -1.89. The van der Waals surface area contributed by atoms with Gasteiger partial charge in [-0.15, -0.1) is 0 Å². The fourth-order valence-electron chi connectivity index (χ4n) is 0.0861. The Hall–Kier alpha value is 0.592. The Morgan fingerprint density at radius 3 is 2.00 bits per heavy atom. The first kappa shape index (κ1) is 10.6. The van der Waals surface area contributed by atoms with Crippen molar-refractivity contribution >= 4 is 26.0 Å². The molecule has 0 aliphatic carbocycles. The molecule has 0 radical (unpaired) electrons. The summed E-state index contributed by atoms with van der Waals surface area (Å²) < 4.78 is 13.9. The molecule has 0 bridgehead atoms. The zero-order valence-electron chi connectivity index (χ0n) is 3.84. The van der Waals surface area contributed by atoms with Gasteiger partial charge in [0, 0.05) is 0 Å². The summed E-state index contributed by atoms with van der Waals surface area (Å²) in [6.07, 6.45) is 0.0733. The maximum atomic E-state index is 9.49. The molecule has 0 amide bonds. The molecule has 0 rings (SSSR count). The molecule has 0 heterocycles. The van der Waals surface area contributed by atoms with E-state index in [0.717, 1.165) is 0 Å². The van der Waals surface area contributed by atoms with E-state index in [9.17, 15) is 4.57 Å². The summed E-state index contributed by atoms with van der Waals surface area (Å²) in [5, 5.41) is 0. The minimum Gasteiger partial charge on any atom is -0.292 e. The van der Waals surface area contributed by atoms with Crippen molar-refractivity contribution in [3.63, 3.8) is 0 Å². The van der Waals surface area contributed by atoms with E-state index in [2.05, 4.69) is 4.52 Å². The van der Waals surface area contributed by atoms with Crippen molar-refractivity contribution in [1.82, 2.24) is 0 Å². The smallest absolute Gasteiger partial charge is 0.292 e. The second-order valence-electron chi connectivity index (χ2n) is 1.23.